The first kappa shape index (κ1) is 9.65. The zero-order chi connectivity index (χ0) is 10.1. The van der Waals surface area contributed by atoms with Crippen molar-refractivity contribution in [3.8, 4) is 0 Å². The quantitative estimate of drug-likeness (QED) is 0.750. The minimum Gasteiger partial charge on any atom is -0.291 e. The van der Waals surface area contributed by atoms with Crippen molar-refractivity contribution < 1.29 is 4.79 Å². The highest BCUT2D eigenvalue weighted by Crippen LogP contribution is 2.30. The van der Waals surface area contributed by atoms with Crippen molar-refractivity contribution in [1.29, 1.82) is 0 Å². The third-order valence-corrected chi connectivity index (χ3v) is 3.71. The fourth-order valence-electron chi connectivity index (χ4n) is 1.52. The topological polar surface area (TPSA) is 33.2 Å². The van der Waals surface area contributed by atoms with Gasteiger partial charge in [-0.3, -0.25) is 9.69 Å². The molecule has 0 spiro atoms. The second-order valence-electron chi connectivity index (χ2n) is 3.80. The first-order chi connectivity index (χ1) is 6.68. The smallest absolute Gasteiger partial charge is 0.231 e. The van der Waals surface area contributed by atoms with Gasteiger partial charge in [-0.2, -0.15) is 0 Å². The van der Waals surface area contributed by atoms with Crippen molar-refractivity contribution in [3.05, 3.63) is 11.1 Å². The van der Waals surface area contributed by atoms with Crippen LogP contribution in [0.25, 0.3) is 0 Å². The zero-order valence-corrected chi connectivity index (χ0v) is 9.30. The lowest BCUT2D eigenvalue weighted by Crippen LogP contribution is -2.36. The number of carbonyl (C=O) groups excluding carboxylic acids is 1. The van der Waals surface area contributed by atoms with Crippen LogP contribution in [0.2, 0.25) is 0 Å². The number of anilines is 1. The second kappa shape index (κ2) is 3.69. The Kier molecular flexibility index (Phi) is 2.54. The van der Waals surface area contributed by atoms with E-state index >= 15 is 0 Å². The van der Waals surface area contributed by atoms with Gasteiger partial charge in [-0.25, -0.2) is 4.98 Å². The molecule has 2 rings (SSSR count). The molecule has 1 saturated carbocycles. The zero-order valence-electron chi connectivity index (χ0n) is 8.49. The van der Waals surface area contributed by atoms with Crippen molar-refractivity contribution in [1.82, 2.24) is 4.98 Å². The molecule has 1 aliphatic rings. The molecule has 1 aliphatic carbocycles. The van der Waals surface area contributed by atoms with Gasteiger partial charge in [-0.05, 0) is 19.8 Å². The molecule has 0 aliphatic heterocycles. The highest BCUT2D eigenvalue weighted by Gasteiger charge is 2.29. The van der Waals surface area contributed by atoms with Crippen LogP contribution >= 0.6 is 11.3 Å². The second-order valence-corrected chi connectivity index (χ2v) is 4.63. The lowest BCUT2D eigenvalue weighted by molar-refractivity contribution is -0.124. The van der Waals surface area contributed by atoms with Gasteiger partial charge in [0.25, 0.3) is 0 Å². The average molecular weight is 210 g/mol. The van der Waals surface area contributed by atoms with Crippen LogP contribution in [0.4, 0.5) is 5.13 Å². The van der Waals surface area contributed by atoms with E-state index in [1.54, 1.807) is 4.90 Å². The Hall–Kier alpha value is -0.900. The predicted molar refractivity (Wildman–Crippen MR) is 57.6 cm³/mol. The molecule has 0 aromatic carbocycles. The third-order valence-electron chi connectivity index (χ3n) is 2.68. The molecule has 76 valence electrons. The number of hydrogen-bond donors (Lipinski definition) is 0. The Labute approximate surface area is 87.8 Å². The lowest BCUT2D eigenvalue weighted by Gasteiger charge is -2.27. The number of thiazole rings is 1. The number of rotatable bonds is 2. The van der Waals surface area contributed by atoms with Crippen LogP contribution in [0.1, 0.15) is 25.0 Å². The number of carbonyl (C=O) groups is 1. The van der Waals surface area contributed by atoms with Gasteiger partial charge in [0.1, 0.15) is 0 Å². The molecule has 0 bridgehead atoms. The third kappa shape index (κ3) is 1.66. The average Bonchev–Trinajstić information content (AvgIpc) is 2.47. The molecule has 3 nitrogen and oxygen atoms in total. The van der Waals surface area contributed by atoms with Gasteiger partial charge in [0.2, 0.25) is 5.91 Å². The van der Waals surface area contributed by atoms with Gasteiger partial charge < -0.3 is 0 Å². The molecule has 1 aromatic rings. The molecule has 4 heteroatoms. The summed E-state index contributed by atoms with van der Waals surface area (Å²) >= 11 is 1.53. The predicted octanol–water partition coefficient (Wildman–Crippen LogP) is 2.21. The molecular formula is C10H14N2OS. The Morgan fingerprint density at radius 3 is 2.79 bits per heavy atom. The minimum atomic E-state index is 0.227. The number of nitrogens with zero attached hydrogens (tertiary/aromatic N) is 2. The Bertz CT molecular complexity index is 344. The van der Waals surface area contributed by atoms with E-state index in [9.17, 15) is 4.79 Å². The monoisotopic (exact) mass is 210 g/mol. The van der Waals surface area contributed by atoms with Crippen molar-refractivity contribution in [3.63, 3.8) is 0 Å². The SMILES string of the molecule is Cc1csc(N(C)C(=O)C2CCC2)n1. The van der Waals surface area contributed by atoms with E-state index in [2.05, 4.69) is 4.98 Å². The molecular weight excluding hydrogens is 196 g/mol. The molecule has 0 unspecified atom stereocenters. The van der Waals surface area contributed by atoms with E-state index < -0.39 is 0 Å². The fourth-order valence-corrected chi connectivity index (χ4v) is 2.29. The maximum atomic E-state index is 11.8. The number of amides is 1. The molecule has 1 amide bonds. The van der Waals surface area contributed by atoms with E-state index in [-0.39, 0.29) is 11.8 Å². The van der Waals surface area contributed by atoms with E-state index in [0.29, 0.717) is 0 Å². The maximum Gasteiger partial charge on any atom is 0.231 e. The van der Waals surface area contributed by atoms with Gasteiger partial charge in [0.05, 0.1) is 5.69 Å². The van der Waals surface area contributed by atoms with E-state index in [4.69, 9.17) is 0 Å². The summed E-state index contributed by atoms with van der Waals surface area (Å²) in [6.07, 6.45) is 3.29. The lowest BCUT2D eigenvalue weighted by atomic mass is 9.84. The first-order valence-electron chi connectivity index (χ1n) is 4.88. The van der Waals surface area contributed by atoms with E-state index in [1.165, 1.54) is 17.8 Å². The first-order valence-corrected chi connectivity index (χ1v) is 5.76. The number of hydrogen-bond acceptors (Lipinski definition) is 3. The molecule has 0 radical (unpaired) electrons. The van der Waals surface area contributed by atoms with Crippen molar-refractivity contribution >= 4 is 22.4 Å². The van der Waals surface area contributed by atoms with Gasteiger partial charge in [0.15, 0.2) is 5.13 Å². The van der Waals surface area contributed by atoms with Crippen LogP contribution < -0.4 is 4.90 Å². The largest absolute Gasteiger partial charge is 0.291 e. The van der Waals surface area contributed by atoms with E-state index in [0.717, 1.165) is 23.7 Å². The van der Waals surface area contributed by atoms with Gasteiger partial charge in [0, 0.05) is 18.3 Å². The highest BCUT2D eigenvalue weighted by atomic mass is 32.1. The Morgan fingerprint density at radius 1 is 1.64 bits per heavy atom. The molecule has 0 atom stereocenters. The Morgan fingerprint density at radius 2 is 2.36 bits per heavy atom. The van der Waals surface area contributed by atoms with Crippen LogP contribution in [-0.4, -0.2) is 17.9 Å². The molecule has 14 heavy (non-hydrogen) atoms. The summed E-state index contributed by atoms with van der Waals surface area (Å²) in [6, 6.07) is 0. The van der Waals surface area contributed by atoms with Gasteiger partial charge in [-0.1, -0.05) is 6.42 Å². The summed E-state index contributed by atoms with van der Waals surface area (Å²) in [5.41, 5.74) is 0.984. The van der Waals surface area contributed by atoms with Crippen molar-refractivity contribution in [2.24, 2.45) is 5.92 Å². The number of aryl methyl sites for hydroxylation is 1. The van der Waals surface area contributed by atoms with Crippen LogP contribution in [0, 0.1) is 12.8 Å². The van der Waals surface area contributed by atoms with E-state index in [1.807, 2.05) is 19.4 Å². The summed E-state index contributed by atoms with van der Waals surface area (Å²) in [6.45, 7) is 1.95. The summed E-state index contributed by atoms with van der Waals surface area (Å²) in [5, 5.41) is 2.79. The van der Waals surface area contributed by atoms with Crippen molar-refractivity contribution in [2.45, 2.75) is 26.2 Å². The minimum absolute atomic E-state index is 0.227. The molecule has 1 heterocycles. The van der Waals surface area contributed by atoms with Gasteiger partial charge in [-0.15, -0.1) is 11.3 Å². The van der Waals surface area contributed by atoms with Gasteiger partial charge >= 0.3 is 0 Å². The van der Waals surface area contributed by atoms with Crippen LogP contribution in [0.3, 0.4) is 0 Å². The maximum absolute atomic E-state index is 11.8. The van der Waals surface area contributed by atoms with Crippen LogP contribution in [0.5, 0.6) is 0 Å². The molecule has 0 saturated heterocycles. The Balaban J connectivity index is 2.07. The molecule has 1 fully saturated rings. The molecule has 0 N–H and O–H groups in total. The van der Waals surface area contributed by atoms with Crippen LogP contribution in [0.15, 0.2) is 5.38 Å². The van der Waals surface area contributed by atoms with Crippen molar-refractivity contribution in [2.75, 3.05) is 11.9 Å². The summed E-state index contributed by atoms with van der Waals surface area (Å²) in [5.74, 6) is 0.481. The van der Waals surface area contributed by atoms with Crippen LogP contribution in [-0.2, 0) is 4.79 Å². The highest BCUT2D eigenvalue weighted by molar-refractivity contribution is 7.14. The standard InChI is InChI=1S/C10H14N2OS/c1-7-6-14-10(11-7)12(2)9(13)8-4-3-5-8/h6,8H,3-5H2,1-2H3. The fraction of sp³-hybridized carbons (Fsp3) is 0.600. The summed E-state index contributed by atoms with van der Waals surface area (Å²) in [7, 11) is 1.82. The number of aromatic nitrogens is 1. The summed E-state index contributed by atoms with van der Waals surface area (Å²) in [4.78, 5) is 17.8. The summed E-state index contributed by atoms with van der Waals surface area (Å²) < 4.78 is 0. The normalized spacial score (nSPS) is 16.4. The molecule has 1 aromatic heterocycles.